The van der Waals surface area contributed by atoms with Crippen molar-refractivity contribution in [2.45, 2.75) is 45.4 Å². The summed E-state index contributed by atoms with van der Waals surface area (Å²) in [6.45, 7) is 5.45. The van der Waals surface area contributed by atoms with Crippen LogP contribution in [0.4, 0.5) is 0 Å². The summed E-state index contributed by atoms with van der Waals surface area (Å²) in [4.78, 5) is 0. The van der Waals surface area contributed by atoms with Gasteiger partial charge in [-0.2, -0.15) is 0 Å². The molecule has 0 bridgehead atoms. The third-order valence-electron chi connectivity index (χ3n) is 3.29. The molecule has 1 rings (SSSR count). The van der Waals surface area contributed by atoms with E-state index in [1.54, 1.807) is 0 Å². The molecule has 0 aliphatic heterocycles. The maximum Gasteiger partial charge on any atom is 0.0530 e. The number of hydrogen-bond donors (Lipinski definition) is 1. The Morgan fingerprint density at radius 2 is 1.93 bits per heavy atom. The van der Waals surface area contributed by atoms with Crippen LogP contribution in [0, 0.1) is 5.41 Å². The smallest absolute Gasteiger partial charge is 0.0530 e. The Kier molecular flexibility index (Phi) is 5.49. The van der Waals surface area contributed by atoms with E-state index in [0.717, 1.165) is 19.7 Å². The lowest BCUT2D eigenvalue weighted by atomic mass is 9.74. The topological polar surface area (TPSA) is 21.3 Å². The van der Waals surface area contributed by atoms with E-state index in [0.29, 0.717) is 5.41 Å². The van der Waals surface area contributed by atoms with Crippen LogP contribution in [-0.4, -0.2) is 26.8 Å². The van der Waals surface area contributed by atoms with Crippen molar-refractivity contribution in [3.63, 3.8) is 0 Å². The first-order valence-electron chi connectivity index (χ1n) is 6.03. The highest BCUT2D eigenvalue weighted by molar-refractivity contribution is 4.84. The van der Waals surface area contributed by atoms with E-state index in [2.05, 4.69) is 12.2 Å². The average Bonchev–Trinajstić information content (AvgIpc) is 2.20. The minimum Gasteiger partial charge on any atom is -0.384 e. The maximum atomic E-state index is 5.38. The van der Waals surface area contributed by atoms with Crippen LogP contribution in [0.3, 0.4) is 0 Å². The van der Waals surface area contributed by atoms with Crippen molar-refractivity contribution in [3.8, 4) is 0 Å². The van der Waals surface area contributed by atoms with E-state index in [9.17, 15) is 0 Å². The Bertz CT molecular complexity index is 136. The molecule has 0 aromatic rings. The first-order chi connectivity index (χ1) is 6.83. The van der Waals surface area contributed by atoms with Crippen LogP contribution >= 0.6 is 0 Å². The molecule has 1 aliphatic carbocycles. The predicted molar refractivity (Wildman–Crippen MR) is 60.6 cm³/mol. The van der Waals surface area contributed by atoms with E-state index in [1.807, 2.05) is 7.11 Å². The van der Waals surface area contributed by atoms with Gasteiger partial charge in [0.1, 0.15) is 0 Å². The van der Waals surface area contributed by atoms with Crippen LogP contribution < -0.4 is 5.32 Å². The van der Waals surface area contributed by atoms with Crippen molar-refractivity contribution >= 4 is 0 Å². The highest BCUT2D eigenvalue weighted by Gasteiger charge is 2.31. The number of rotatable bonds is 6. The molecule has 0 radical (unpaired) electrons. The van der Waals surface area contributed by atoms with E-state index < -0.39 is 0 Å². The molecule has 0 heterocycles. The summed E-state index contributed by atoms with van der Waals surface area (Å²) in [6.07, 6.45) is 8.10. The van der Waals surface area contributed by atoms with Gasteiger partial charge >= 0.3 is 0 Å². The molecule has 2 heteroatoms. The van der Waals surface area contributed by atoms with Gasteiger partial charge in [0.2, 0.25) is 0 Å². The molecule has 1 fully saturated rings. The van der Waals surface area contributed by atoms with Gasteiger partial charge in [-0.3, -0.25) is 0 Å². The lowest BCUT2D eigenvalue weighted by molar-refractivity contribution is 0.0486. The SMILES string of the molecule is CCCNCC1(COC)CCCCC1. The number of nitrogens with one attached hydrogen (secondary N) is 1. The maximum absolute atomic E-state index is 5.38. The van der Waals surface area contributed by atoms with Crippen LogP contribution in [0.15, 0.2) is 0 Å². The van der Waals surface area contributed by atoms with Gasteiger partial charge in [-0.05, 0) is 25.8 Å². The van der Waals surface area contributed by atoms with Crippen molar-refractivity contribution in [1.82, 2.24) is 5.32 Å². The van der Waals surface area contributed by atoms with E-state index in [4.69, 9.17) is 4.74 Å². The van der Waals surface area contributed by atoms with Crippen LogP contribution in [0.5, 0.6) is 0 Å². The number of hydrogen-bond acceptors (Lipinski definition) is 2. The number of ether oxygens (including phenoxy) is 1. The third-order valence-corrected chi connectivity index (χ3v) is 3.29. The normalized spacial score (nSPS) is 21.0. The molecule has 0 saturated heterocycles. The molecule has 1 aliphatic rings. The Balaban J connectivity index is 2.34. The lowest BCUT2D eigenvalue weighted by Gasteiger charge is -2.37. The Morgan fingerprint density at radius 1 is 1.21 bits per heavy atom. The molecule has 84 valence electrons. The summed E-state index contributed by atoms with van der Waals surface area (Å²) in [5, 5.41) is 3.55. The second kappa shape index (κ2) is 6.41. The van der Waals surface area contributed by atoms with Gasteiger partial charge in [0.25, 0.3) is 0 Å². The largest absolute Gasteiger partial charge is 0.384 e. The lowest BCUT2D eigenvalue weighted by Crippen LogP contribution is -2.39. The van der Waals surface area contributed by atoms with Gasteiger partial charge in [0.05, 0.1) is 6.61 Å². The van der Waals surface area contributed by atoms with Gasteiger partial charge in [-0.1, -0.05) is 26.2 Å². The predicted octanol–water partition coefficient (Wildman–Crippen LogP) is 2.58. The molecular weight excluding hydrogens is 174 g/mol. The number of methoxy groups -OCH3 is 1. The Hall–Kier alpha value is -0.0800. The van der Waals surface area contributed by atoms with E-state index >= 15 is 0 Å². The summed E-state index contributed by atoms with van der Waals surface area (Å²) >= 11 is 0. The molecule has 0 amide bonds. The van der Waals surface area contributed by atoms with Crippen molar-refractivity contribution < 1.29 is 4.74 Å². The first-order valence-corrected chi connectivity index (χ1v) is 6.03. The van der Waals surface area contributed by atoms with Crippen molar-refractivity contribution in [3.05, 3.63) is 0 Å². The summed E-state index contributed by atoms with van der Waals surface area (Å²) < 4.78 is 5.38. The summed E-state index contributed by atoms with van der Waals surface area (Å²) in [6, 6.07) is 0. The Morgan fingerprint density at radius 3 is 2.50 bits per heavy atom. The fourth-order valence-corrected chi connectivity index (χ4v) is 2.51. The van der Waals surface area contributed by atoms with Gasteiger partial charge in [0, 0.05) is 19.1 Å². The van der Waals surface area contributed by atoms with Crippen molar-refractivity contribution in [2.75, 3.05) is 26.8 Å². The van der Waals surface area contributed by atoms with Gasteiger partial charge in [-0.25, -0.2) is 0 Å². The standard InChI is InChI=1S/C12H25NO/c1-3-9-13-10-12(11-14-2)7-5-4-6-8-12/h13H,3-11H2,1-2H3. The van der Waals surface area contributed by atoms with Crippen molar-refractivity contribution in [2.24, 2.45) is 5.41 Å². The van der Waals surface area contributed by atoms with Gasteiger partial charge in [0.15, 0.2) is 0 Å². The zero-order valence-electron chi connectivity index (χ0n) is 9.77. The quantitative estimate of drug-likeness (QED) is 0.664. The van der Waals surface area contributed by atoms with Gasteiger partial charge < -0.3 is 10.1 Å². The molecule has 14 heavy (non-hydrogen) atoms. The molecule has 0 aromatic heterocycles. The van der Waals surface area contributed by atoms with E-state index in [1.165, 1.54) is 38.5 Å². The highest BCUT2D eigenvalue weighted by Crippen LogP contribution is 2.35. The molecule has 0 aromatic carbocycles. The summed E-state index contributed by atoms with van der Waals surface area (Å²) in [5.41, 5.74) is 0.447. The molecule has 0 spiro atoms. The minimum atomic E-state index is 0.447. The first kappa shape index (κ1) is 12.0. The van der Waals surface area contributed by atoms with Gasteiger partial charge in [-0.15, -0.1) is 0 Å². The summed E-state index contributed by atoms with van der Waals surface area (Å²) in [7, 11) is 1.83. The second-order valence-electron chi connectivity index (χ2n) is 4.67. The van der Waals surface area contributed by atoms with Crippen LogP contribution in [0.25, 0.3) is 0 Å². The zero-order chi connectivity index (χ0) is 10.3. The minimum absolute atomic E-state index is 0.447. The third kappa shape index (κ3) is 3.58. The van der Waals surface area contributed by atoms with Crippen LogP contribution in [0.1, 0.15) is 45.4 Å². The van der Waals surface area contributed by atoms with Crippen molar-refractivity contribution in [1.29, 1.82) is 0 Å². The molecule has 0 unspecified atom stereocenters. The highest BCUT2D eigenvalue weighted by atomic mass is 16.5. The Labute approximate surface area is 88.4 Å². The van der Waals surface area contributed by atoms with E-state index in [-0.39, 0.29) is 0 Å². The fraction of sp³-hybridized carbons (Fsp3) is 1.00. The average molecular weight is 199 g/mol. The second-order valence-corrected chi connectivity index (χ2v) is 4.67. The molecule has 1 N–H and O–H groups in total. The molecular formula is C12H25NO. The van der Waals surface area contributed by atoms with Crippen LogP contribution in [0.2, 0.25) is 0 Å². The molecule has 0 atom stereocenters. The zero-order valence-corrected chi connectivity index (χ0v) is 9.77. The molecule has 2 nitrogen and oxygen atoms in total. The molecule has 1 saturated carbocycles. The fourth-order valence-electron chi connectivity index (χ4n) is 2.51. The monoisotopic (exact) mass is 199 g/mol. The summed E-state index contributed by atoms with van der Waals surface area (Å²) in [5.74, 6) is 0. The van der Waals surface area contributed by atoms with Crippen LogP contribution in [-0.2, 0) is 4.74 Å².